The van der Waals surface area contributed by atoms with E-state index in [0.29, 0.717) is 38.6 Å². The molecule has 38 heavy (non-hydrogen) atoms. The van der Waals surface area contributed by atoms with E-state index in [1.165, 1.54) is 64.7 Å². The molecule has 0 bridgehead atoms. The van der Waals surface area contributed by atoms with Gasteiger partial charge in [0.1, 0.15) is 0 Å². The van der Waals surface area contributed by atoms with E-state index >= 15 is 0 Å². The van der Waals surface area contributed by atoms with Crippen LogP contribution in [-0.2, 0) is 17.9 Å². The van der Waals surface area contributed by atoms with E-state index in [4.69, 9.17) is 15.2 Å². The van der Waals surface area contributed by atoms with Crippen LogP contribution in [0.1, 0.15) is 62.8 Å². The number of ether oxygens (including phenoxy) is 2. The Hall–Kier alpha value is -2.75. The summed E-state index contributed by atoms with van der Waals surface area (Å²) in [5.74, 6) is 1.39. The number of hydrogen-bond acceptors (Lipinski definition) is 8. The number of carbonyl (C=O) groups excluding carboxylic acids is 1. The van der Waals surface area contributed by atoms with Crippen molar-refractivity contribution < 1.29 is 14.3 Å². The number of hydrogen-bond donors (Lipinski definition) is 2. The van der Waals surface area contributed by atoms with Gasteiger partial charge in [0.25, 0.3) is 0 Å². The number of pyridine rings is 2. The van der Waals surface area contributed by atoms with Gasteiger partial charge in [-0.15, -0.1) is 0 Å². The van der Waals surface area contributed by atoms with Crippen molar-refractivity contribution in [3.05, 3.63) is 47.8 Å². The number of piperidine rings is 2. The highest BCUT2D eigenvalue weighted by Crippen LogP contribution is 2.15. The van der Waals surface area contributed by atoms with E-state index in [1.54, 1.807) is 0 Å². The fraction of sp³-hybridized carbons (Fsp3) is 0.621. The fourth-order valence-corrected chi connectivity index (χ4v) is 4.62. The third-order valence-corrected chi connectivity index (χ3v) is 6.63. The zero-order valence-electron chi connectivity index (χ0n) is 22.9. The number of amides is 1. The topological polar surface area (TPSA) is 106 Å². The molecule has 3 N–H and O–H groups in total. The summed E-state index contributed by atoms with van der Waals surface area (Å²) in [5.41, 5.74) is 7.60. The first-order chi connectivity index (χ1) is 18.8. The van der Waals surface area contributed by atoms with Gasteiger partial charge in [-0.05, 0) is 83.4 Å². The van der Waals surface area contributed by atoms with E-state index in [9.17, 15) is 4.79 Å². The Balaban J connectivity index is 0.000000212. The summed E-state index contributed by atoms with van der Waals surface area (Å²) in [7, 11) is 0. The van der Waals surface area contributed by atoms with Gasteiger partial charge in [0.2, 0.25) is 18.2 Å². The minimum absolute atomic E-state index is 0.570. The van der Waals surface area contributed by atoms with Crippen molar-refractivity contribution in [1.82, 2.24) is 25.1 Å². The Morgan fingerprint density at radius 3 is 1.74 bits per heavy atom. The summed E-state index contributed by atoms with van der Waals surface area (Å²) < 4.78 is 11.2. The number of rotatable bonds is 14. The lowest BCUT2D eigenvalue weighted by Gasteiger charge is -2.25. The molecule has 0 unspecified atom stereocenters. The van der Waals surface area contributed by atoms with Crippen molar-refractivity contribution in [2.75, 3.05) is 52.5 Å². The van der Waals surface area contributed by atoms with Crippen LogP contribution in [0.5, 0.6) is 11.8 Å². The summed E-state index contributed by atoms with van der Waals surface area (Å²) >= 11 is 0. The molecule has 0 radical (unpaired) electrons. The van der Waals surface area contributed by atoms with Crippen LogP contribution in [0.4, 0.5) is 0 Å². The van der Waals surface area contributed by atoms with Crippen molar-refractivity contribution >= 4 is 6.41 Å². The lowest BCUT2D eigenvalue weighted by atomic mass is 10.1. The van der Waals surface area contributed by atoms with Crippen LogP contribution in [0, 0.1) is 0 Å². The molecule has 2 fully saturated rings. The highest BCUT2D eigenvalue weighted by Gasteiger charge is 2.12. The van der Waals surface area contributed by atoms with Gasteiger partial charge in [0.15, 0.2) is 0 Å². The number of nitrogens with two attached hydrogens (primary N) is 1. The summed E-state index contributed by atoms with van der Waals surface area (Å²) in [6.07, 6.45) is 10.3. The maximum Gasteiger partial charge on any atom is 0.213 e. The first kappa shape index (κ1) is 29.8. The van der Waals surface area contributed by atoms with Crippen LogP contribution in [0.15, 0.2) is 36.4 Å². The third kappa shape index (κ3) is 12.2. The van der Waals surface area contributed by atoms with Gasteiger partial charge in [0, 0.05) is 31.8 Å². The van der Waals surface area contributed by atoms with Crippen molar-refractivity contribution in [3.8, 4) is 11.8 Å². The van der Waals surface area contributed by atoms with Gasteiger partial charge in [-0.2, -0.15) is 0 Å². The van der Waals surface area contributed by atoms with E-state index in [2.05, 4.69) is 37.2 Å². The molecule has 0 aliphatic carbocycles. The highest BCUT2D eigenvalue weighted by molar-refractivity contribution is 5.45. The normalized spacial score (nSPS) is 16.2. The first-order valence-electron chi connectivity index (χ1n) is 14.3. The summed E-state index contributed by atoms with van der Waals surface area (Å²) in [6.45, 7) is 9.09. The molecule has 0 atom stereocenters. The molecule has 0 spiro atoms. The first-order valence-corrected chi connectivity index (χ1v) is 14.3. The molecule has 2 aromatic heterocycles. The number of likely N-dealkylation sites (tertiary alicyclic amines) is 2. The van der Waals surface area contributed by atoms with Crippen LogP contribution < -0.4 is 20.5 Å². The van der Waals surface area contributed by atoms with Crippen LogP contribution in [0.2, 0.25) is 0 Å². The van der Waals surface area contributed by atoms with Crippen LogP contribution in [0.25, 0.3) is 0 Å². The van der Waals surface area contributed by atoms with E-state index in [1.807, 2.05) is 24.3 Å². The van der Waals surface area contributed by atoms with Gasteiger partial charge in [-0.1, -0.05) is 25.0 Å². The molecule has 0 saturated carbocycles. The Labute approximate surface area is 228 Å². The molecule has 4 rings (SSSR count). The molecule has 2 saturated heterocycles. The van der Waals surface area contributed by atoms with Gasteiger partial charge >= 0.3 is 0 Å². The molecular formula is C29H46N6O3. The van der Waals surface area contributed by atoms with Gasteiger partial charge in [-0.25, -0.2) is 9.97 Å². The maximum absolute atomic E-state index is 10.1. The number of nitrogens with zero attached hydrogens (tertiary/aromatic N) is 4. The van der Waals surface area contributed by atoms with Crippen LogP contribution in [0.3, 0.4) is 0 Å². The second-order valence-corrected chi connectivity index (χ2v) is 9.87. The Morgan fingerprint density at radius 1 is 0.763 bits per heavy atom. The number of aromatic nitrogens is 2. The highest BCUT2D eigenvalue weighted by atomic mass is 16.5. The summed E-state index contributed by atoms with van der Waals surface area (Å²) in [6, 6.07) is 11.9. The second kappa shape index (κ2) is 18.5. The standard InChI is InChI=1S/C15H23N3O2.C14H23N3O/c19-13-16-8-5-11-20-15-7-4-6-14(17-15)12-18-9-2-1-3-10-18;15-8-5-11-18-14-7-4-6-13(16-14)12-17-9-2-1-3-10-17/h4,6-7,13H,1-3,5,8-12H2,(H,16,19);4,6-7H,1-3,5,8-12,15H2. The molecule has 1 amide bonds. The minimum atomic E-state index is 0.570. The molecule has 210 valence electrons. The second-order valence-electron chi connectivity index (χ2n) is 9.87. The van der Waals surface area contributed by atoms with E-state index < -0.39 is 0 Å². The summed E-state index contributed by atoms with van der Waals surface area (Å²) in [4.78, 5) is 24.1. The van der Waals surface area contributed by atoms with Crippen molar-refractivity contribution in [3.63, 3.8) is 0 Å². The monoisotopic (exact) mass is 526 g/mol. The molecular weight excluding hydrogens is 480 g/mol. The quantitative estimate of drug-likeness (QED) is 0.285. The molecule has 2 aliphatic rings. The van der Waals surface area contributed by atoms with Gasteiger partial charge in [0.05, 0.1) is 24.6 Å². The predicted molar refractivity (Wildman–Crippen MR) is 150 cm³/mol. The third-order valence-electron chi connectivity index (χ3n) is 6.63. The molecule has 2 aliphatic heterocycles. The smallest absolute Gasteiger partial charge is 0.213 e. The SMILES string of the molecule is NCCCOc1cccc(CN2CCCCC2)n1.O=CNCCCOc1cccc(CN2CCCCC2)n1. The Bertz CT molecular complexity index is 903. The van der Waals surface area contributed by atoms with Crippen LogP contribution >= 0.6 is 0 Å². The van der Waals surface area contributed by atoms with E-state index in [0.717, 1.165) is 43.2 Å². The Morgan fingerprint density at radius 2 is 1.26 bits per heavy atom. The number of nitrogens with one attached hydrogen (secondary N) is 1. The minimum Gasteiger partial charge on any atom is -0.478 e. The summed E-state index contributed by atoms with van der Waals surface area (Å²) in [5, 5.41) is 2.61. The van der Waals surface area contributed by atoms with Crippen molar-refractivity contribution in [1.29, 1.82) is 0 Å². The molecule has 0 aromatic carbocycles. The lowest BCUT2D eigenvalue weighted by Crippen LogP contribution is -2.29. The number of carbonyl (C=O) groups is 1. The van der Waals surface area contributed by atoms with E-state index in [-0.39, 0.29) is 0 Å². The maximum atomic E-state index is 10.1. The average molecular weight is 527 g/mol. The van der Waals surface area contributed by atoms with Crippen LogP contribution in [-0.4, -0.2) is 78.7 Å². The zero-order chi connectivity index (χ0) is 26.7. The Kier molecular flexibility index (Phi) is 14.5. The van der Waals surface area contributed by atoms with Gasteiger partial charge in [-0.3, -0.25) is 14.6 Å². The van der Waals surface area contributed by atoms with Gasteiger partial charge < -0.3 is 20.5 Å². The van der Waals surface area contributed by atoms with Crippen molar-refractivity contribution in [2.24, 2.45) is 5.73 Å². The molecule has 4 heterocycles. The molecule has 9 heteroatoms. The molecule has 9 nitrogen and oxygen atoms in total. The zero-order valence-corrected chi connectivity index (χ0v) is 22.9. The average Bonchev–Trinajstić information content (AvgIpc) is 2.95. The molecule has 2 aromatic rings. The fourth-order valence-electron chi connectivity index (χ4n) is 4.62. The lowest BCUT2D eigenvalue weighted by molar-refractivity contribution is -0.109. The largest absolute Gasteiger partial charge is 0.478 e. The van der Waals surface area contributed by atoms with Crippen molar-refractivity contribution in [2.45, 2.75) is 64.5 Å². The predicted octanol–water partition coefficient (Wildman–Crippen LogP) is 3.38.